The van der Waals surface area contributed by atoms with Gasteiger partial charge in [-0.25, -0.2) is 0 Å². The predicted octanol–water partition coefficient (Wildman–Crippen LogP) is 4.08. The van der Waals surface area contributed by atoms with Gasteiger partial charge in [-0.15, -0.1) is 0 Å². The summed E-state index contributed by atoms with van der Waals surface area (Å²) in [6.07, 6.45) is 6.29. The summed E-state index contributed by atoms with van der Waals surface area (Å²) in [5.41, 5.74) is 2.46. The maximum atomic E-state index is 9.94. The van der Waals surface area contributed by atoms with Crippen molar-refractivity contribution in [3.05, 3.63) is 77.9 Å². The van der Waals surface area contributed by atoms with Crippen molar-refractivity contribution in [2.75, 3.05) is 0 Å². The molecule has 0 bridgehead atoms. The van der Waals surface area contributed by atoms with Gasteiger partial charge in [-0.1, -0.05) is 72.8 Å². The van der Waals surface area contributed by atoms with Gasteiger partial charge in [0.2, 0.25) is 0 Å². The van der Waals surface area contributed by atoms with Gasteiger partial charge in [0.1, 0.15) is 0 Å². The van der Waals surface area contributed by atoms with Crippen LogP contribution in [0.3, 0.4) is 0 Å². The van der Waals surface area contributed by atoms with Crippen LogP contribution in [0.1, 0.15) is 24.0 Å². The van der Waals surface area contributed by atoms with Crippen molar-refractivity contribution in [1.29, 1.82) is 0 Å². The highest BCUT2D eigenvalue weighted by molar-refractivity contribution is 5.48. The number of aliphatic hydroxyl groups excluding tert-OH is 1. The summed E-state index contributed by atoms with van der Waals surface area (Å²) in [4.78, 5) is 0. The van der Waals surface area contributed by atoms with E-state index in [1.807, 2.05) is 42.5 Å². The van der Waals surface area contributed by atoms with Crippen LogP contribution in [0.4, 0.5) is 0 Å². The lowest BCUT2D eigenvalue weighted by molar-refractivity contribution is 0.168. The molecule has 19 heavy (non-hydrogen) atoms. The molecule has 2 aromatic carbocycles. The molecule has 0 aromatic heterocycles. The lowest BCUT2D eigenvalue weighted by Gasteiger charge is -2.07. The Hall–Kier alpha value is -1.86. The van der Waals surface area contributed by atoms with E-state index in [2.05, 4.69) is 30.3 Å². The van der Waals surface area contributed by atoms with Gasteiger partial charge in [0.15, 0.2) is 0 Å². The molecule has 0 saturated carbocycles. The van der Waals surface area contributed by atoms with Crippen molar-refractivity contribution < 1.29 is 5.11 Å². The first kappa shape index (κ1) is 13.6. The van der Waals surface area contributed by atoms with Crippen LogP contribution in [-0.2, 0) is 6.42 Å². The van der Waals surface area contributed by atoms with Gasteiger partial charge < -0.3 is 5.11 Å². The Labute approximate surface area is 115 Å². The van der Waals surface area contributed by atoms with Gasteiger partial charge in [-0.3, -0.25) is 0 Å². The van der Waals surface area contributed by atoms with Crippen LogP contribution in [0.15, 0.2) is 66.7 Å². The van der Waals surface area contributed by atoms with Crippen LogP contribution in [0.25, 0.3) is 6.08 Å². The molecule has 1 atom stereocenters. The summed E-state index contributed by atoms with van der Waals surface area (Å²) in [6.45, 7) is 0. The van der Waals surface area contributed by atoms with Gasteiger partial charge in [-0.2, -0.15) is 0 Å². The number of hydrogen-bond donors (Lipinski definition) is 1. The minimum absolute atomic E-state index is 0.264. The van der Waals surface area contributed by atoms with E-state index in [0.717, 1.165) is 12.8 Å². The van der Waals surface area contributed by atoms with Gasteiger partial charge in [0.05, 0.1) is 6.10 Å². The molecule has 98 valence electrons. The third-order valence-corrected chi connectivity index (χ3v) is 3.13. The lowest BCUT2D eigenvalue weighted by atomic mass is 10.0. The molecule has 1 unspecified atom stereocenters. The van der Waals surface area contributed by atoms with Gasteiger partial charge in [0, 0.05) is 0 Å². The fourth-order valence-corrected chi connectivity index (χ4v) is 2.02. The Morgan fingerprint density at radius 2 is 1.53 bits per heavy atom. The van der Waals surface area contributed by atoms with Crippen LogP contribution >= 0.6 is 0 Å². The van der Waals surface area contributed by atoms with E-state index in [0.29, 0.717) is 6.42 Å². The molecular weight excluding hydrogens is 232 g/mol. The van der Waals surface area contributed by atoms with E-state index >= 15 is 0 Å². The van der Waals surface area contributed by atoms with E-state index in [1.165, 1.54) is 11.1 Å². The summed E-state index contributed by atoms with van der Waals surface area (Å²) < 4.78 is 0. The minimum atomic E-state index is -0.264. The molecule has 0 heterocycles. The highest BCUT2D eigenvalue weighted by atomic mass is 16.3. The van der Waals surface area contributed by atoms with Crippen LogP contribution in [0.5, 0.6) is 0 Å². The zero-order valence-corrected chi connectivity index (χ0v) is 11.1. The monoisotopic (exact) mass is 252 g/mol. The Kier molecular flexibility index (Phi) is 5.39. The summed E-state index contributed by atoms with van der Waals surface area (Å²) in [5, 5.41) is 9.94. The summed E-state index contributed by atoms with van der Waals surface area (Å²) in [5.74, 6) is 0. The molecule has 0 aliphatic carbocycles. The molecule has 0 amide bonds. The van der Waals surface area contributed by atoms with Crippen molar-refractivity contribution in [1.82, 2.24) is 0 Å². The van der Waals surface area contributed by atoms with E-state index in [1.54, 1.807) is 0 Å². The molecule has 1 nitrogen and oxygen atoms in total. The van der Waals surface area contributed by atoms with E-state index in [4.69, 9.17) is 0 Å². The molecular formula is C18H20O. The first-order chi connectivity index (χ1) is 9.34. The maximum absolute atomic E-state index is 9.94. The van der Waals surface area contributed by atoms with Crippen molar-refractivity contribution in [2.24, 2.45) is 0 Å². The summed E-state index contributed by atoms with van der Waals surface area (Å²) >= 11 is 0. The molecule has 2 aromatic rings. The van der Waals surface area contributed by atoms with Crippen molar-refractivity contribution in [2.45, 2.75) is 25.4 Å². The second kappa shape index (κ2) is 7.55. The third kappa shape index (κ3) is 5.11. The van der Waals surface area contributed by atoms with Crippen LogP contribution in [0.2, 0.25) is 0 Å². The standard InChI is InChI=1S/C18H20O/c19-18(15-14-17-10-5-2-6-11-17)13-7-12-16-8-3-1-4-9-16/h1-12,18-19H,13-15H2/b12-7-. The smallest absolute Gasteiger partial charge is 0.0577 e. The first-order valence-electron chi connectivity index (χ1n) is 6.78. The second-order valence-corrected chi connectivity index (χ2v) is 4.73. The van der Waals surface area contributed by atoms with Gasteiger partial charge >= 0.3 is 0 Å². The topological polar surface area (TPSA) is 20.2 Å². The zero-order chi connectivity index (χ0) is 13.3. The Morgan fingerprint density at radius 1 is 0.895 bits per heavy atom. The normalized spacial score (nSPS) is 12.7. The van der Waals surface area contributed by atoms with Crippen LogP contribution < -0.4 is 0 Å². The highest BCUT2D eigenvalue weighted by Crippen LogP contribution is 2.09. The molecule has 0 spiro atoms. The average molecular weight is 252 g/mol. The SMILES string of the molecule is OC(C/C=C\c1ccccc1)CCc1ccccc1. The van der Waals surface area contributed by atoms with E-state index in [9.17, 15) is 5.11 Å². The van der Waals surface area contributed by atoms with Gasteiger partial charge in [0.25, 0.3) is 0 Å². The molecule has 0 saturated heterocycles. The quantitative estimate of drug-likeness (QED) is 0.821. The Morgan fingerprint density at radius 3 is 2.21 bits per heavy atom. The molecule has 1 heteroatoms. The molecule has 0 aliphatic heterocycles. The predicted molar refractivity (Wildman–Crippen MR) is 80.9 cm³/mol. The Balaban J connectivity index is 1.73. The third-order valence-electron chi connectivity index (χ3n) is 3.13. The molecule has 0 fully saturated rings. The summed E-state index contributed by atoms with van der Waals surface area (Å²) in [6, 6.07) is 20.5. The minimum Gasteiger partial charge on any atom is -0.393 e. The van der Waals surface area contributed by atoms with Crippen molar-refractivity contribution in [3.63, 3.8) is 0 Å². The zero-order valence-electron chi connectivity index (χ0n) is 11.1. The number of aliphatic hydroxyl groups is 1. The fraction of sp³-hybridized carbons (Fsp3) is 0.222. The average Bonchev–Trinajstić information content (AvgIpc) is 2.47. The molecule has 0 aliphatic rings. The lowest BCUT2D eigenvalue weighted by Crippen LogP contribution is -2.06. The number of rotatable bonds is 6. The first-order valence-corrected chi connectivity index (χ1v) is 6.78. The summed E-state index contributed by atoms with van der Waals surface area (Å²) in [7, 11) is 0. The number of aryl methyl sites for hydroxylation is 1. The highest BCUT2D eigenvalue weighted by Gasteiger charge is 2.02. The van der Waals surface area contributed by atoms with E-state index in [-0.39, 0.29) is 6.10 Å². The van der Waals surface area contributed by atoms with Crippen LogP contribution in [0, 0.1) is 0 Å². The van der Waals surface area contributed by atoms with Crippen molar-refractivity contribution in [3.8, 4) is 0 Å². The van der Waals surface area contributed by atoms with E-state index < -0.39 is 0 Å². The van der Waals surface area contributed by atoms with Crippen molar-refractivity contribution >= 4 is 6.08 Å². The maximum Gasteiger partial charge on any atom is 0.0577 e. The second-order valence-electron chi connectivity index (χ2n) is 4.73. The molecule has 0 radical (unpaired) electrons. The largest absolute Gasteiger partial charge is 0.393 e. The molecule has 2 rings (SSSR count). The molecule has 1 N–H and O–H groups in total. The number of hydrogen-bond acceptors (Lipinski definition) is 1. The van der Waals surface area contributed by atoms with Gasteiger partial charge in [-0.05, 0) is 30.4 Å². The Bertz CT molecular complexity index is 488. The van der Waals surface area contributed by atoms with Crippen LogP contribution in [-0.4, -0.2) is 11.2 Å². The fourth-order valence-electron chi connectivity index (χ4n) is 2.02. The number of benzene rings is 2.